The zero-order chi connectivity index (χ0) is 21.6. The number of hydrogen-bond acceptors (Lipinski definition) is 9. The van der Waals surface area contributed by atoms with Crippen LogP contribution in [-0.2, 0) is 14.3 Å². The van der Waals surface area contributed by atoms with Crippen LogP contribution in [-0.4, -0.2) is 65.4 Å². The highest BCUT2D eigenvalue weighted by Gasteiger charge is 2.37. The number of anilines is 1. The van der Waals surface area contributed by atoms with Crippen LogP contribution < -0.4 is 4.90 Å². The second-order valence-electron chi connectivity index (χ2n) is 6.96. The summed E-state index contributed by atoms with van der Waals surface area (Å²) in [6, 6.07) is 4.65. The molecule has 2 N–H and O–H groups in total. The van der Waals surface area contributed by atoms with Gasteiger partial charge in [-0.1, -0.05) is 17.8 Å². The zero-order valence-electron chi connectivity index (χ0n) is 16.9. The Balaban J connectivity index is 2.39. The fourth-order valence-electron chi connectivity index (χ4n) is 3.66. The van der Waals surface area contributed by atoms with Crippen molar-refractivity contribution < 1.29 is 29.4 Å². The van der Waals surface area contributed by atoms with Gasteiger partial charge in [0.1, 0.15) is 5.69 Å². The van der Waals surface area contributed by atoms with Gasteiger partial charge in [-0.05, 0) is 25.0 Å². The van der Waals surface area contributed by atoms with Gasteiger partial charge in [-0.3, -0.25) is 14.9 Å². The largest absolute Gasteiger partial charge is 0.469 e. The Bertz CT molecular complexity index is 729. The van der Waals surface area contributed by atoms with Crippen molar-refractivity contribution in [2.45, 2.75) is 43.3 Å². The highest BCUT2D eigenvalue weighted by atomic mass is 32.2. The Kier molecular flexibility index (Phi) is 8.26. The van der Waals surface area contributed by atoms with E-state index >= 15 is 0 Å². The minimum atomic E-state index is -1.84. The van der Waals surface area contributed by atoms with Crippen LogP contribution in [0.2, 0.25) is 0 Å². The van der Waals surface area contributed by atoms with Crippen LogP contribution in [0.5, 0.6) is 0 Å². The molecule has 1 saturated heterocycles. The lowest BCUT2D eigenvalue weighted by molar-refractivity contribution is -0.384. The van der Waals surface area contributed by atoms with Crippen molar-refractivity contribution in [2.75, 3.05) is 38.0 Å². The minimum absolute atomic E-state index is 0.0513. The van der Waals surface area contributed by atoms with E-state index in [4.69, 9.17) is 9.47 Å². The molecule has 2 rings (SSSR count). The molecule has 9 nitrogen and oxygen atoms in total. The molecule has 0 aliphatic carbocycles. The van der Waals surface area contributed by atoms with Crippen molar-refractivity contribution >= 4 is 29.1 Å². The molecule has 0 aromatic heterocycles. The van der Waals surface area contributed by atoms with Crippen molar-refractivity contribution in [1.29, 1.82) is 0 Å². The Morgan fingerprint density at radius 3 is 2.72 bits per heavy atom. The number of esters is 1. The Morgan fingerprint density at radius 2 is 2.17 bits per heavy atom. The van der Waals surface area contributed by atoms with Gasteiger partial charge in [0.05, 0.1) is 25.1 Å². The van der Waals surface area contributed by atoms with E-state index in [0.29, 0.717) is 30.0 Å². The third kappa shape index (κ3) is 6.05. The number of carbonyl (C=O) groups is 1. The first kappa shape index (κ1) is 23.4. The van der Waals surface area contributed by atoms with Crippen LogP contribution in [0.15, 0.2) is 18.2 Å². The topological polar surface area (TPSA) is 122 Å². The summed E-state index contributed by atoms with van der Waals surface area (Å²) in [6.45, 7) is 2.58. The van der Waals surface area contributed by atoms with E-state index in [2.05, 4.69) is 0 Å². The molecule has 2 unspecified atom stereocenters. The van der Waals surface area contributed by atoms with Crippen molar-refractivity contribution in [3.63, 3.8) is 0 Å². The van der Waals surface area contributed by atoms with Crippen LogP contribution in [0.3, 0.4) is 0 Å². The monoisotopic (exact) mass is 428 g/mol. The van der Waals surface area contributed by atoms with E-state index in [9.17, 15) is 25.1 Å². The summed E-state index contributed by atoms with van der Waals surface area (Å²) in [7, 11) is 2.80. The van der Waals surface area contributed by atoms with Crippen LogP contribution >= 0.6 is 11.8 Å². The molecule has 0 spiro atoms. The highest BCUT2D eigenvalue weighted by molar-refractivity contribution is 8.00. The molecule has 29 heavy (non-hydrogen) atoms. The number of nitro benzene ring substituents is 1. The number of rotatable bonds is 9. The molecular formula is C19H28N2O7S. The Labute approximate surface area is 174 Å². The number of aliphatic hydroxyl groups is 2. The Morgan fingerprint density at radius 1 is 1.45 bits per heavy atom. The summed E-state index contributed by atoms with van der Waals surface area (Å²) in [5.41, 5.74) is 0.944. The van der Waals surface area contributed by atoms with Gasteiger partial charge in [-0.25, -0.2) is 0 Å². The van der Waals surface area contributed by atoms with Crippen LogP contribution in [0.1, 0.15) is 37.7 Å². The van der Waals surface area contributed by atoms with Gasteiger partial charge in [-0.2, -0.15) is 0 Å². The van der Waals surface area contributed by atoms with Crippen LogP contribution in [0.4, 0.5) is 11.4 Å². The molecule has 162 valence electrons. The van der Waals surface area contributed by atoms with E-state index < -0.39 is 16.0 Å². The van der Waals surface area contributed by atoms with Crippen molar-refractivity contribution in [2.24, 2.45) is 0 Å². The number of nitro groups is 1. The molecule has 1 fully saturated rings. The van der Waals surface area contributed by atoms with Gasteiger partial charge in [0.15, 0.2) is 0 Å². The fourth-order valence-corrected chi connectivity index (χ4v) is 4.69. The number of nitrogens with zero attached hydrogens (tertiary/aromatic N) is 2. The number of carbonyl (C=O) groups excluding carboxylic acids is 1. The number of benzene rings is 1. The predicted octanol–water partition coefficient (Wildman–Crippen LogP) is 2.25. The minimum Gasteiger partial charge on any atom is -0.469 e. The third-order valence-electron chi connectivity index (χ3n) is 5.05. The summed E-state index contributed by atoms with van der Waals surface area (Å²) >= 11 is 1.07. The zero-order valence-corrected chi connectivity index (χ0v) is 17.7. The fraction of sp³-hybridized carbons (Fsp3) is 0.632. The first-order valence-electron chi connectivity index (χ1n) is 9.41. The maximum atomic E-state index is 11.8. The lowest BCUT2D eigenvalue weighted by Crippen LogP contribution is -2.45. The quantitative estimate of drug-likeness (QED) is 0.264. The predicted molar refractivity (Wildman–Crippen MR) is 110 cm³/mol. The maximum Gasteiger partial charge on any atom is 0.306 e. The van der Waals surface area contributed by atoms with E-state index in [1.54, 1.807) is 12.1 Å². The first-order valence-corrected chi connectivity index (χ1v) is 10.4. The molecule has 2 atom stereocenters. The number of hydrogen-bond donors (Lipinski definition) is 2. The van der Waals surface area contributed by atoms with Crippen molar-refractivity contribution in [3.8, 4) is 0 Å². The number of ether oxygens (including phenoxy) is 2. The molecule has 1 aromatic carbocycles. The summed E-state index contributed by atoms with van der Waals surface area (Å²) in [5, 5.41) is 30.0. The van der Waals surface area contributed by atoms with Gasteiger partial charge in [0.2, 0.25) is 5.12 Å². The maximum absolute atomic E-state index is 11.8. The third-order valence-corrected chi connectivity index (χ3v) is 6.12. The molecule has 1 aliphatic rings. The molecular weight excluding hydrogens is 400 g/mol. The summed E-state index contributed by atoms with van der Waals surface area (Å²) in [5.74, 6) is -0.241. The molecule has 1 heterocycles. The standard InChI is InChI=1S/C19H28N2O7S/c1-4-20(15-7-8-29-19(23,24)11-15)16-6-5-13(9-17(16)21(25)26)14(12-27-2)10-18(22)28-3/h5-6,9,14-15,23-24H,4,7-8,10-12H2,1-3H3. The summed E-state index contributed by atoms with van der Waals surface area (Å²) in [6.07, 6.45) is 0.837. The van der Waals surface area contributed by atoms with Gasteiger partial charge < -0.3 is 24.6 Å². The lowest BCUT2D eigenvalue weighted by Gasteiger charge is -2.39. The van der Waals surface area contributed by atoms with Crippen LogP contribution in [0, 0.1) is 10.1 Å². The molecule has 0 radical (unpaired) electrons. The summed E-state index contributed by atoms with van der Waals surface area (Å²) in [4.78, 5) is 24.9. The van der Waals surface area contributed by atoms with Crippen LogP contribution in [0.25, 0.3) is 0 Å². The second kappa shape index (κ2) is 10.2. The van der Waals surface area contributed by atoms with Gasteiger partial charge in [0, 0.05) is 43.9 Å². The average Bonchev–Trinajstić information content (AvgIpc) is 2.67. The van der Waals surface area contributed by atoms with E-state index in [1.807, 2.05) is 11.8 Å². The first-order chi connectivity index (χ1) is 13.7. The van der Waals surface area contributed by atoms with E-state index in [0.717, 1.165) is 11.8 Å². The smallest absolute Gasteiger partial charge is 0.306 e. The van der Waals surface area contributed by atoms with E-state index in [1.165, 1.54) is 20.3 Å². The number of thioether (sulfide) groups is 1. The second-order valence-corrected chi connectivity index (χ2v) is 8.31. The molecule has 10 heteroatoms. The van der Waals surface area contributed by atoms with Gasteiger partial charge in [0.25, 0.3) is 5.69 Å². The molecule has 1 aromatic rings. The van der Waals surface area contributed by atoms with E-state index in [-0.39, 0.29) is 37.1 Å². The van der Waals surface area contributed by atoms with Crippen molar-refractivity contribution in [3.05, 3.63) is 33.9 Å². The normalized spacial score (nSPS) is 19.4. The molecule has 0 saturated carbocycles. The SMILES string of the molecule is CCN(c1ccc(C(COC)CC(=O)OC)cc1[N+](=O)[O-])C1CCSC(O)(O)C1. The Hall–Kier alpha value is -1.88. The summed E-state index contributed by atoms with van der Waals surface area (Å²) < 4.78 is 9.89. The number of methoxy groups -OCH3 is 2. The molecule has 0 bridgehead atoms. The van der Waals surface area contributed by atoms with Gasteiger partial charge >= 0.3 is 5.97 Å². The average molecular weight is 429 g/mol. The lowest BCUT2D eigenvalue weighted by atomic mass is 9.95. The van der Waals surface area contributed by atoms with Crippen molar-refractivity contribution in [1.82, 2.24) is 0 Å². The molecule has 0 amide bonds. The highest BCUT2D eigenvalue weighted by Crippen LogP contribution is 2.39. The van der Waals surface area contributed by atoms with Gasteiger partial charge in [-0.15, -0.1) is 0 Å². The molecule has 1 aliphatic heterocycles.